The van der Waals surface area contributed by atoms with Crippen LogP contribution in [0.3, 0.4) is 0 Å². The summed E-state index contributed by atoms with van der Waals surface area (Å²) in [4.78, 5) is 25.4. The molecule has 1 amide bonds. The van der Waals surface area contributed by atoms with Gasteiger partial charge in [0.05, 0.1) is 17.6 Å². The first-order valence-electron chi connectivity index (χ1n) is 9.66. The standard InChI is InChI=1S/C21H27N5O2/c1-6-9-22-18(27)12-25-21(28)20-17(19(24-25)13(2)3)11-23-26(20)16-8-7-14(4)15(5)10-16/h7-8,10-11,13H,6,9,12H2,1-5H3,(H,22,27). The summed E-state index contributed by atoms with van der Waals surface area (Å²) in [6, 6.07) is 5.97. The Morgan fingerprint density at radius 2 is 1.96 bits per heavy atom. The third-order valence-electron chi connectivity index (χ3n) is 4.86. The Kier molecular flexibility index (Phi) is 5.63. The van der Waals surface area contributed by atoms with E-state index >= 15 is 0 Å². The van der Waals surface area contributed by atoms with E-state index in [-0.39, 0.29) is 23.9 Å². The molecule has 0 spiro atoms. The maximum absolute atomic E-state index is 13.2. The lowest BCUT2D eigenvalue weighted by Gasteiger charge is -2.12. The summed E-state index contributed by atoms with van der Waals surface area (Å²) in [5, 5.41) is 12.5. The fraction of sp³-hybridized carbons (Fsp3) is 0.429. The van der Waals surface area contributed by atoms with E-state index in [0.717, 1.165) is 28.8 Å². The SMILES string of the molecule is CCCNC(=O)Cn1nc(C(C)C)c2cnn(-c3ccc(C)c(C)c3)c2c1=O. The van der Waals surface area contributed by atoms with E-state index in [1.54, 1.807) is 10.9 Å². The first kappa shape index (κ1) is 19.8. The van der Waals surface area contributed by atoms with Crippen molar-refractivity contribution < 1.29 is 4.79 Å². The Balaban J connectivity index is 2.18. The molecule has 2 aromatic heterocycles. The van der Waals surface area contributed by atoms with Crippen LogP contribution in [0.25, 0.3) is 16.6 Å². The smallest absolute Gasteiger partial charge is 0.293 e. The number of carbonyl (C=O) groups is 1. The number of benzene rings is 1. The molecule has 0 atom stereocenters. The van der Waals surface area contributed by atoms with E-state index in [0.29, 0.717) is 12.1 Å². The van der Waals surface area contributed by atoms with Crippen LogP contribution in [0.4, 0.5) is 0 Å². The Hall–Kier alpha value is -2.96. The lowest BCUT2D eigenvalue weighted by atomic mass is 10.1. The fourth-order valence-corrected chi connectivity index (χ4v) is 3.14. The van der Waals surface area contributed by atoms with Crippen LogP contribution in [0.5, 0.6) is 0 Å². The van der Waals surface area contributed by atoms with E-state index in [9.17, 15) is 9.59 Å². The van der Waals surface area contributed by atoms with Crippen LogP contribution in [-0.2, 0) is 11.3 Å². The van der Waals surface area contributed by atoms with Crippen LogP contribution in [0.1, 0.15) is 49.9 Å². The van der Waals surface area contributed by atoms with Crippen molar-refractivity contribution in [3.63, 3.8) is 0 Å². The number of amides is 1. The van der Waals surface area contributed by atoms with Crippen molar-refractivity contribution in [1.29, 1.82) is 0 Å². The van der Waals surface area contributed by atoms with Crippen LogP contribution in [0.2, 0.25) is 0 Å². The summed E-state index contributed by atoms with van der Waals surface area (Å²) in [7, 11) is 0. The molecule has 2 heterocycles. The highest BCUT2D eigenvalue weighted by molar-refractivity contribution is 5.82. The van der Waals surface area contributed by atoms with Gasteiger partial charge < -0.3 is 5.32 Å². The third kappa shape index (κ3) is 3.69. The molecule has 0 saturated carbocycles. The monoisotopic (exact) mass is 381 g/mol. The molecule has 0 radical (unpaired) electrons. The van der Waals surface area contributed by atoms with Crippen molar-refractivity contribution in [1.82, 2.24) is 24.9 Å². The normalized spacial score (nSPS) is 11.4. The Morgan fingerprint density at radius 1 is 1.21 bits per heavy atom. The van der Waals surface area contributed by atoms with Crippen molar-refractivity contribution >= 4 is 16.8 Å². The molecule has 0 unspecified atom stereocenters. The van der Waals surface area contributed by atoms with Gasteiger partial charge in [0.2, 0.25) is 5.91 Å². The van der Waals surface area contributed by atoms with E-state index in [1.165, 1.54) is 10.2 Å². The molecule has 148 valence electrons. The quantitative estimate of drug-likeness (QED) is 0.712. The minimum absolute atomic E-state index is 0.0884. The predicted octanol–water partition coefficient (Wildman–Crippen LogP) is 2.85. The topological polar surface area (TPSA) is 81.8 Å². The second kappa shape index (κ2) is 7.96. The molecule has 7 nitrogen and oxygen atoms in total. The number of aryl methyl sites for hydroxylation is 2. The van der Waals surface area contributed by atoms with E-state index in [4.69, 9.17) is 0 Å². The van der Waals surface area contributed by atoms with Crippen LogP contribution in [-0.4, -0.2) is 32.0 Å². The van der Waals surface area contributed by atoms with Gasteiger partial charge in [-0.05, 0) is 49.4 Å². The minimum atomic E-state index is -0.318. The summed E-state index contributed by atoms with van der Waals surface area (Å²) in [6.45, 7) is 10.6. The molecule has 7 heteroatoms. The van der Waals surface area contributed by atoms with Crippen molar-refractivity contribution in [3.05, 3.63) is 51.6 Å². The van der Waals surface area contributed by atoms with Crippen LogP contribution >= 0.6 is 0 Å². The third-order valence-corrected chi connectivity index (χ3v) is 4.86. The molecule has 0 fully saturated rings. The highest BCUT2D eigenvalue weighted by Crippen LogP contribution is 2.23. The number of nitrogens with zero attached hydrogens (tertiary/aromatic N) is 4. The highest BCUT2D eigenvalue weighted by atomic mass is 16.2. The lowest BCUT2D eigenvalue weighted by Crippen LogP contribution is -2.35. The predicted molar refractivity (Wildman–Crippen MR) is 110 cm³/mol. The fourth-order valence-electron chi connectivity index (χ4n) is 3.14. The van der Waals surface area contributed by atoms with Crippen molar-refractivity contribution in [2.75, 3.05) is 6.54 Å². The summed E-state index contributed by atoms with van der Waals surface area (Å²) < 4.78 is 2.90. The largest absolute Gasteiger partial charge is 0.355 e. The molecule has 3 aromatic rings. The van der Waals surface area contributed by atoms with Gasteiger partial charge in [-0.2, -0.15) is 10.2 Å². The number of hydrogen-bond donors (Lipinski definition) is 1. The summed E-state index contributed by atoms with van der Waals surface area (Å²) in [6.07, 6.45) is 2.53. The number of aromatic nitrogens is 4. The Labute approximate surface area is 164 Å². The van der Waals surface area contributed by atoms with Gasteiger partial charge in [0.1, 0.15) is 12.1 Å². The summed E-state index contributed by atoms with van der Waals surface area (Å²) >= 11 is 0. The van der Waals surface area contributed by atoms with Crippen LogP contribution in [0, 0.1) is 13.8 Å². The van der Waals surface area contributed by atoms with Gasteiger partial charge in [-0.3, -0.25) is 9.59 Å². The molecule has 3 rings (SSSR count). The molecule has 0 aliphatic heterocycles. The van der Waals surface area contributed by atoms with Gasteiger partial charge >= 0.3 is 0 Å². The maximum atomic E-state index is 13.2. The molecule has 28 heavy (non-hydrogen) atoms. The first-order valence-corrected chi connectivity index (χ1v) is 9.66. The van der Waals surface area contributed by atoms with E-state index in [2.05, 4.69) is 15.5 Å². The zero-order chi connectivity index (χ0) is 20.4. The van der Waals surface area contributed by atoms with Gasteiger partial charge in [-0.25, -0.2) is 9.36 Å². The van der Waals surface area contributed by atoms with Gasteiger partial charge in [-0.15, -0.1) is 0 Å². The number of carbonyl (C=O) groups excluding carboxylic acids is 1. The highest BCUT2D eigenvalue weighted by Gasteiger charge is 2.20. The van der Waals surface area contributed by atoms with Crippen LogP contribution < -0.4 is 10.9 Å². The Morgan fingerprint density at radius 3 is 2.61 bits per heavy atom. The molecule has 0 saturated heterocycles. The molecular weight excluding hydrogens is 354 g/mol. The minimum Gasteiger partial charge on any atom is -0.355 e. The average molecular weight is 381 g/mol. The van der Waals surface area contributed by atoms with E-state index < -0.39 is 0 Å². The summed E-state index contributed by atoms with van der Waals surface area (Å²) in [5.41, 5.74) is 4.01. The molecule has 0 bridgehead atoms. The zero-order valence-electron chi connectivity index (χ0n) is 17.1. The van der Waals surface area contributed by atoms with E-state index in [1.807, 2.05) is 52.8 Å². The number of fused-ring (bicyclic) bond motifs is 1. The number of rotatable bonds is 6. The maximum Gasteiger partial charge on any atom is 0.293 e. The first-order chi connectivity index (χ1) is 13.3. The average Bonchev–Trinajstić information content (AvgIpc) is 3.09. The van der Waals surface area contributed by atoms with Crippen molar-refractivity contribution in [2.24, 2.45) is 0 Å². The molecule has 1 aromatic carbocycles. The zero-order valence-corrected chi connectivity index (χ0v) is 17.1. The van der Waals surface area contributed by atoms with Gasteiger partial charge in [-0.1, -0.05) is 26.8 Å². The second-order valence-electron chi connectivity index (χ2n) is 7.44. The van der Waals surface area contributed by atoms with Gasteiger partial charge in [0.25, 0.3) is 5.56 Å². The van der Waals surface area contributed by atoms with Crippen LogP contribution in [0.15, 0.2) is 29.2 Å². The van der Waals surface area contributed by atoms with Gasteiger partial charge in [0, 0.05) is 11.9 Å². The molecule has 1 N–H and O–H groups in total. The number of nitrogens with one attached hydrogen (secondary N) is 1. The molecule has 0 aliphatic rings. The van der Waals surface area contributed by atoms with Crippen molar-refractivity contribution in [3.8, 4) is 5.69 Å². The second-order valence-corrected chi connectivity index (χ2v) is 7.44. The summed E-state index contributed by atoms with van der Waals surface area (Å²) in [5.74, 6) is -0.131. The van der Waals surface area contributed by atoms with Gasteiger partial charge in [0.15, 0.2) is 0 Å². The van der Waals surface area contributed by atoms with Crippen molar-refractivity contribution in [2.45, 2.75) is 53.5 Å². The Bertz CT molecular complexity index is 1080. The molecule has 0 aliphatic carbocycles. The molecular formula is C21H27N5O2. The number of hydrogen-bond acceptors (Lipinski definition) is 4. The lowest BCUT2D eigenvalue weighted by molar-refractivity contribution is -0.121.